The standard InChI is InChI=1S/C36H30N2O.2C35H27N3O2/c1-37(34-13-8-14-36(26-34)39-2)31-20-15-28(16-21-31)29-17-22-33(23-18-29)38(32-11-4-3-5-12-32)35-24-19-27-9-6-7-10-30(27)25-35;1-36(33-12-7-13-35(25-33)38(39)40)30-19-14-27(15-20-30)28-16-21-32(22-17-28)37(31-10-3-2-4-11-31)34-23-18-26-8-5-6-9-29(26)24-34;1-36(31-21-23-34(24-22-31)38(39)40)30-16-11-27(12-17-30)28-13-18-33(19-14-28)37(32-9-3-2-4-10-32)35-20-15-26-7-5-6-8-29(26)25-35/h3-26H,1-2H3;2*2-25H,1H3. The number of fused-ring (bicyclic) bond motifs is 3. The molecule has 0 atom stereocenters. The van der Waals surface area contributed by atoms with Gasteiger partial charge < -0.3 is 34.1 Å². The van der Waals surface area contributed by atoms with Gasteiger partial charge in [-0.15, -0.1) is 0 Å². The Bertz CT molecular complexity index is 6510. The van der Waals surface area contributed by atoms with Gasteiger partial charge in [0.2, 0.25) is 0 Å². The maximum Gasteiger partial charge on any atom is 0.271 e. The van der Waals surface area contributed by atoms with Crippen LogP contribution in [0.3, 0.4) is 0 Å². The molecule has 0 aliphatic heterocycles. The zero-order chi connectivity index (χ0) is 81.6. The molecule has 0 saturated heterocycles. The molecule has 0 N–H and O–H groups in total. The van der Waals surface area contributed by atoms with E-state index in [1.54, 1.807) is 31.4 Å². The Kier molecular flexibility index (Phi) is 23.1. The predicted octanol–water partition coefficient (Wildman–Crippen LogP) is 29.1. The third-order valence-corrected chi connectivity index (χ3v) is 21.5. The van der Waals surface area contributed by atoms with Crippen LogP contribution in [-0.2, 0) is 0 Å². The van der Waals surface area contributed by atoms with Gasteiger partial charge in [0.25, 0.3) is 11.4 Å². The van der Waals surface area contributed by atoms with Crippen LogP contribution in [0.25, 0.3) is 65.7 Å². The third-order valence-electron chi connectivity index (χ3n) is 21.5. The lowest BCUT2D eigenvalue weighted by Gasteiger charge is -2.26. The summed E-state index contributed by atoms with van der Waals surface area (Å²) in [7, 11) is 7.63. The van der Waals surface area contributed by atoms with E-state index in [2.05, 4.69) is 372 Å². The van der Waals surface area contributed by atoms with Gasteiger partial charge in [-0.1, -0.05) is 231 Å². The van der Waals surface area contributed by atoms with Gasteiger partial charge in [-0.2, -0.15) is 0 Å². The lowest BCUT2D eigenvalue weighted by Crippen LogP contribution is -2.09. The summed E-state index contributed by atoms with van der Waals surface area (Å²) >= 11 is 0. The number of para-hydroxylation sites is 3. The van der Waals surface area contributed by atoms with Crippen molar-refractivity contribution in [3.63, 3.8) is 0 Å². The van der Waals surface area contributed by atoms with Crippen molar-refractivity contribution in [1.82, 2.24) is 0 Å². The average Bonchev–Trinajstić information content (AvgIpc) is 0.800. The van der Waals surface area contributed by atoms with Gasteiger partial charge in [-0.3, -0.25) is 20.2 Å². The fourth-order valence-electron chi connectivity index (χ4n) is 14.9. The second-order valence-corrected chi connectivity index (χ2v) is 28.8. The summed E-state index contributed by atoms with van der Waals surface area (Å²) < 4.78 is 5.39. The van der Waals surface area contributed by atoms with E-state index in [0.29, 0.717) is 0 Å². The second kappa shape index (κ2) is 35.7. The van der Waals surface area contributed by atoms with Gasteiger partial charge in [0.1, 0.15) is 5.75 Å². The molecule has 0 spiro atoms. The monoisotopic (exact) mass is 1550 g/mol. The molecule has 18 rings (SSSR count). The van der Waals surface area contributed by atoms with E-state index in [4.69, 9.17) is 4.74 Å². The molecule has 0 aliphatic rings. The summed E-state index contributed by atoms with van der Waals surface area (Å²) in [6.45, 7) is 0. The molecule has 0 amide bonds. The molecule has 0 aromatic heterocycles. The molecule has 578 valence electrons. The fourth-order valence-corrected chi connectivity index (χ4v) is 14.9. The number of hydrogen-bond acceptors (Lipinski definition) is 11. The maximum absolute atomic E-state index is 11.2. The predicted molar refractivity (Wildman–Crippen MR) is 496 cm³/mol. The van der Waals surface area contributed by atoms with Crippen LogP contribution >= 0.6 is 0 Å². The van der Waals surface area contributed by atoms with Gasteiger partial charge in [-0.05, 0) is 242 Å². The van der Waals surface area contributed by atoms with Crippen LogP contribution in [0.5, 0.6) is 5.75 Å². The summed E-state index contributed by atoms with van der Waals surface area (Å²) in [5, 5.41) is 29.5. The normalized spacial score (nSPS) is 10.8. The molecule has 0 aliphatic carbocycles. The second-order valence-electron chi connectivity index (χ2n) is 28.8. The van der Waals surface area contributed by atoms with Gasteiger partial charge in [0.05, 0.1) is 17.0 Å². The molecule has 0 fully saturated rings. The minimum Gasteiger partial charge on any atom is -0.497 e. The molecule has 18 aromatic carbocycles. The Labute approximate surface area is 693 Å². The SMILES string of the molecule is CN(c1ccc(-c2ccc(N(c3ccccc3)c3ccc4ccccc4c3)cc2)cc1)c1ccc([N+](=O)[O-])cc1.CN(c1ccc(-c2ccc(N(c3ccccc3)c3ccc4ccccc4c3)cc2)cc1)c1cccc([N+](=O)[O-])c1.COc1cccc(N(C)c2ccc(-c3ccc(N(c4ccccc4)c4ccc5ccccc5c4)cc3)cc2)c1. The number of benzene rings is 18. The number of anilines is 15. The molecule has 0 bridgehead atoms. The number of rotatable bonds is 21. The molecule has 13 heteroatoms. The Hall–Kier alpha value is -15.9. The number of nitro groups is 2. The summed E-state index contributed by atoms with van der Waals surface area (Å²) in [6, 6.07) is 149. The molecular formula is C106H84N8O5. The van der Waals surface area contributed by atoms with E-state index in [0.717, 1.165) is 113 Å². The molecule has 18 aromatic rings. The van der Waals surface area contributed by atoms with Crippen molar-refractivity contribution in [1.29, 1.82) is 0 Å². The Morgan fingerprint density at radius 2 is 0.437 bits per heavy atom. The van der Waals surface area contributed by atoms with E-state index in [-0.39, 0.29) is 21.2 Å². The minimum atomic E-state index is -0.384. The first-order chi connectivity index (χ1) is 58.3. The van der Waals surface area contributed by atoms with Crippen LogP contribution in [-0.4, -0.2) is 38.1 Å². The van der Waals surface area contributed by atoms with Gasteiger partial charge in [0.15, 0.2) is 0 Å². The minimum absolute atomic E-state index is 0.0781. The number of methoxy groups -OCH3 is 1. The number of non-ortho nitro benzene ring substituents is 2. The molecule has 0 saturated carbocycles. The van der Waals surface area contributed by atoms with Crippen molar-refractivity contribution in [2.75, 3.05) is 57.7 Å². The van der Waals surface area contributed by atoms with E-state index >= 15 is 0 Å². The Morgan fingerprint density at radius 1 is 0.202 bits per heavy atom. The largest absolute Gasteiger partial charge is 0.497 e. The molecule has 0 radical (unpaired) electrons. The zero-order valence-electron chi connectivity index (χ0n) is 66.2. The smallest absolute Gasteiger partial charge is 0.271 e. The van der Waals surface area contributed by atoms with Crippen LogP contribution in [0.15, 0.2) is 437 Å². The lowest BCUT2D eigenvalue weighted by atomic mass is 10.0. The van der Waals surface area contributed by atoms with Crippen LogP contribution in [0.4, 0.5) is 96.7 Å². The summed E-state index contributed by atoms with van der Waals surface area (Å²) in [4.78, 5) is 34.4. The maximum atomic E-state index is 11.2. The van der Waals surface area contributed by atoms with E-state index in [9.17, 15) is 20.2 Å². The summed E-state index contributed by atoms with van der Waals surface area (Å²) in [6.07, 6.45) is 0. The van der Waals surface area contributed by atoms with Crippen molar-refractivity contribution in [2.45, 2.75) is 0 Å². The number of nitrogens with zero attached hydrogens (tertiary/aromatic N) is 8. The van der Waals surface area contributed by atoms with Crippen molar-refractivity contribution in [3.05, 3.63) is 457 Å². The van der Waals surface area contributed by atoms with Crippen molar-refractivity contribution >= 4 is 129 Å². The number of ether oxygens (including phenoxy) is 1. The van der Waals surface area contributed by atoms with Gasteiger partial charge in [-0.25, -0.2) is 0 Å². The van der Waals surface area contributed by atoms with Crippen LogP contribution in [0.2, 0.25) is 0 Å². The van der Waals surface area contributed by atoms with Crippen molar-refractivity contribution in [2.24, 2.45) is 0 Å². The molecule has 0 unspecified atom stereocenters. The highest BCUT2D eigenvalue weighted by Gasteiger charge is 2.20. The van der Waals surface area contributed by atoms with Gasteiger partial charge in [0, 0.05) is 137 Å². The molecule has 13 nitrogen and oxygen atoms in total. The fraction of sp³-hybridized carbons (Fsp3) is 0.0377. The number of nitro benzene ring substituents is 2. The van der Waals surface area contributed by atoms with Crippen LogP contribution in [0, 0.1) is 20.2 Å². The van der Waals surface area contributed by atoms with Crippen LogP contribution < -0.4 is 34.1 Å². The van der Waals surface area contributed by atoms with E-state index in [1.165, 1.54) is 61.6 Å². The first kappa shape index (κ1) is 77.1. The lowest BCUT2D eigenvalue weighted by molar-refractivity contribution is -0.385. The highest BCUT2D eigenvalue weighted by molar-refractivity contribution is 5.93. The average molecular weight is 1550 g/mol. The molecule has 0 heterocycles. The van der Waals surface area contributed by atoms with Crippen LogP contribution in [0.1, 0.15) is 0 Å². The molecular weight excluding hydrogens is 1470 g/mol. The molecule has 119 heavy (non-hydrogen) atoms. The first-order valence-corrected chi connectivity index (χ1v) is 39.3. The van der Waals surface area contributed by atoms with E-state index in [1.807, 2.05) is 72.4 Å². The Balaban J connectivity index is 0.000000133. The number of hydrogen-bond donors (Lipinski definition) is 0. The highest BCUT2D eigenvalue weighted by Crippen LogP contribution is 2.43. The third kappa shape index (κ3) is 17.8. The Morgan fingerprint density at radius 3 is 0.739 bits per heavy atom. The summed E-state index contributed by atoms with van der Waals surface area (Å²) in [5.74, 6) is 0.851. The topological polar surface area (TPSA) is 115 Å². The van der Waals surface area contributed by atoms with Crippen molar-refractivity contribution < 1.29 is 14.6 Å². The van der Waals surface area contributed by atoms with Crippen molar-refractivity contribution in [3.8, 4) is 39.1 Å². The zero-order valence-corrected chi connectivity index (χ0v) is 66.2. The quantitative estimate of drug-likeness (QED) is 0.0506. The highest BCUT2D eigenvalue weighted by atomic mass is 16.6. The summed E-state index contributed by atoms with van der Waals surface area (Å²) in [5.41, 5.74) is 22.7. The first-order valence-electron chi connectivity index (χ1n) is 39.3. The van der Waals surface area contributed by atoms with E-state index < -0.39 is 0 Å². The van der Waals surface area contributed by atoms with Gasteiger partial charge >= 0.3 is 0 Å².